The van der Waals surface area contributed by atoms with Gasteiger partial charge in [-0.1, -0.05) is 73.7 Å². The first kappa shape index (κ1) is 25.4. The molecule has 1 atom stereocenters. The van der Waals surface area contributed by atoms with Gasteiger partial charge in [-0.25, -0.2) is 4.79 Å². The van der Waals surface area contributed by atoms with Gasteiger partial charge in [0.1, 0.15) is 5.70 Å². The maximum absolute atomic E-state index is 12.4. The summed E-state index contributed by atoms with van der Waals surface area (Å²) < 4.78 is 0. The zero-order valence-corrected chi connectivity index (χ0v) is 20.6. The van der Waals surface area contributed by atoms with E-state index in [0.29, 0.717) is 5.56 Å². The van der Waals surface area contributed by atoms with Gasteiger partial charge < -0.3 is 16.2 Å². The Balaban J connectivity index is 1.48. The molecule has 186 valence electrons. The number of rotatable bonds is 8. The van der Waals surface area contributed by atoms with Crippen molar-refractivity contribution in [1.29, 1.82) is 0 Å². The Bertz CT molecular complexity index is 1250. The van der Waals surface area contributed by atoms with Crippen molar-refractivity contribution in [3.8, 4) is 0 Å². The number of allylic oxidation sites excluding steroid dienone is 1. The summed E-state index contributed by atoms with van der Waals surface area (Å²) in [5.74, 6) is -1.69. The molecule has 6 nitrogen and oxygen atoms in total. The Hall–Kier alpha value is -3.74. The maximum atomic E-state index is 12.4. The number of hydrogen-bond donors (Lipinski definition) is 3. The van der Waals surface area contributed by atoms with Crippen LogP contribution in [0.3, 0.4) is 0 Å². The number of carbonyl (C=O) groups excluding carboxylic acids is 1. The molecule has 6 heteroatoms. The Morgan fingerprint density at radius 3 is 2.56 bits per heavy atom. The van der Waals surface area contributed by atoms with Crippen LogP contribution in [0.4, 0.5) is 0 Å². The molecule has 4 N–H and O–H groups in total. The van der Waals surface area contributed by atoms with Gasteiger partial charge in [0.15, 0.2) is 5.78 Å². The van der Waals surface area contributed by atoms with Crippen molar-refractivity contribution < 1.29 is 14.7 Å². The van der Waals surface area contributed by atoms with Crippen LogP contribution in [0.25, 0.3) is 0 Å². The van der Waals surface area contributed by atoms with Crippen molar-refractivity contribution in [2.45, 2.75) is 32.4 Å². The minimum Gasteiger partial charge on any atom is -0.477 e. The number of aliphatic carboxylic acids is 1. The van der Waals surface area contributed by atoms with Crippen LogP contribution in [-0.2, 0) is 24.2 Å². The molecular weight excluding hydrogens is 450 g/mol. The second kappa shape index (κ2) is 11.8. The normalized spacial score (nSPS) is 16.6. The first-order valence-electron chi connectivity index (χ1n) is 12.4. The van der Waals surface area contributed by atoms with E-state index in [1.807, 2.05) is 12.1 Å². The third-order valence-corrected chi connectivity index (χ3v) is 6.77. The molecule has 1 unspecified atom stereocenters. The van der Waals surface area contributed by atoms with Crippen molar-refractivity contribution in [2.24, 2.45) is 5.73 Å². The molecule has 0 spiro atoms. The van der Waals surface area contributed by atoms with Crippen LogP contribution in [0.1, 0.15) is 51.1 Å². The average molecular weight is 484 g/mol. The summed E-state index contributed by atoms with van der Waals surface area (Å²) in [6.07, 6.45) is 2.64. The number of benzene rings is 3. The summed E-state index contributed by atoms with van der Waals surface area (Å²) in [7, 11) is 0. The third-order valence-electron chi connectivity index (χ3n) is 6.77. The van der Waals surface area contributed by atoms with Crippen LogP contribution in [0.15, 0.2) is 84.6 Å². The lowest BCUT2D eigenvalue weighted by Crippen LogP contribution is -2.38. The molecule has 0 aliphatic carbocycles. The Labute approximate surface area is 212 Å². The van der Waals surface area contributed by atoms with Gasteiger partial charge in [-0.05, 0) is 46.7 Å². The summed E-state index contributed by atoms with van der Waals surface area (Å²) in [6.45, 7) is 5.68. The molecule has 3 aromatic rings. The van der Waals surface area contributed by atoms with Crippen molar-refractivity contribution >= 4 is 11.8 Å². The van der Waals surface area contributed by atoms with Crippen LogP contribution < -0.4 is 11.1 Å². The van der Waals surface area contributed by atoms with Crippen LogP contribution in [0.5, 0.6) is 0 Å². The second-order valence-corrected chi connectivity index (χ2v) is 9.13. The van der Waals surface area contributed by atoms with Crippen LogP contribution in [0.2, 0.25) is 0 Å². The molecule has 0 saturated carbocycles. The molecule has 3 aromatic carbocycles. The average Bonchev–Trinajstić information content (AvgIpc) is 2.88. The van der Waals surface area contributed by atoms with E-state index in [9.17, 15) is 9.59 Å². The molecule has 0 aromatic heterocycles. The van der Waals surface area contributed by atoms with Gasteiger partial charge in [0.05, 0.1) is 6.04 Å². The topological polar surface area (TPSA) is 95.7 Å². The van der Waals surface area contributed by atoms with E-state index >= 15 is 0 Å². The fourth-order valence-corrected chi connectivity index (χ4v) is 4.81. The predicted molar refractivity (Wildman–Crippen MR) is 142 cm³/mol. The van der Waals surface area contributed by atoms with E-state index in [0.717, 1.165) is 50.7 Å². The zero-order chi connectivity index (χ0) is 25.5. The highest BCUT2D eigenvalue weighted by molar-refractivity contribution is 6.08. The van der Waals surface area contributed by atoms with Gasteiger partial charge in [-0.3, -0.25) is 9.69 Å². The van der Waals surface area contributed by atoms with E-state index in [1.54, 1.807) is 6.07 Å². The summed E-state index contributed by atoms with van der Waals surface area (Å²) in [5, 5.41) is 12.7. The third kappa shape index (κ3) is 6.08. The number of fused-ring (bicyclic) bond motifs is 1. The smallest absolute Gasteiger partial charge is 0.351 e. The van der Waals surface area contributed by atoms with Crippen LogP contribution >= 0.6 is 0 Å². The molecule has 0 amide bonds. The summed E-state index contributed by atoms with van der Waals surface area (Å²) in [4.78, 5) is 25.8. The standard InChI is InChI=1S/C30H33N3O3/c1-2-21-18-24(28(34)19-27(31)30(35)36)13-12-22(21)14-16-33-17-15-32-29(23-8-4-3-5-9-23)26-11-7-6-10-25(26)20-33/h3-13,18-19,29,32H,2,14-17,20,31H2,1H3,(H,35,36). The van der Waals surface area contributed by atoms with Crippen molar-refractivity contribution in [3.63, 3.8) is 0 Å². The van der Waals surface area contributed by atoms with Gasteiger partial charge in [-0.2, -0.15) is 0 Å². The molecule has 0 fully saturated rings. The number of ketones is 1. The Morgan fingerprint density at radius 1 is 1.06 bits per heavy atom. The number of hydrogen-bond acceptors (Lipinski definition) is 5. The SMILES string of the molecule is CCc1cc(C(=O)C=C(N)C(=O)O)ccc1CCN1CCNC(c2ccccc2)c2ccccc2C1. The molecule has 1 aliphatic heterocycles. The second-order valence-electron chi connectivity index (χ2n) is 9.13. The van der Waals surface area contributed by atoms with E-state index in [1.165, 1.54) is 22.3 Å². The summed E-state index contributed by atoms with van der Waals surface area (Å²) in [5.41, 5.74) is 11.6. The van der Waals surface area contributed by atoms with E-state index < -0.39 is 17.4 Å². The molecule has 0 saturated heterocycles. The summed E-state index contributed by atoms with van der Waals surface area (Å²) in [6, 6.07) is 25.0. The lowest BCUT2D eigenvalue weighted by molar-refractivity contribution is -0.132. The maximum Gasteiger partial charge on any atom is 0.351 e. The number of carboxylic acid groups (broad SMARTS) is 1. The number of nitrogens with one attached hydrogen (secondary N) is 1. The molecule has 36 heavy (non-hydrogen) atoms. The van der Waals surface area contributed by atoms with Gasteiger partial charge in [0.2, 0.25) is 0 Å². The number of aryl methyl sites for hydroxylation is 1. The molecular formula is C30H33N3O3. The minimum absolute atomic E-state index is 0.186. The number of nitrogens with two attached hydrogens (primary N) is 1. The van der Waals surface area contributed by atoms with Crippen molar-refractivity contribution in [2.75, 3.05) is 19.6 Å². The lowest BCUT2D eigenvalue weighted by atomic mass is 9.93. The monoisotopic (exact) mass is 483 g/mol. The van der Waals surface area contributed by atoms with Gasteiger partial charge in [0.25, 0.3) is 0 Å². The molecule has 4 rings (SSSR count). The van der Waals surface area contributed by atoms with E-state index in [4.69, 9.17) is 10.8 Å². The van der Waals surface area contributed by atoms with Crippen molar-refractivity contribution in [3.05, 3.63) is 118 Å². The van der Waals surface area contributed by atoms with Crippen LogP contribution in [0, 0.1) is 0 Å². The first-order valence-corrected chi connectivity index (χ1v) is 12.4. The fraction of sp³-hybridized carbons (Fsp3) is 0.267. The minimum atomic E-state index is -1.30. The predicted octanol–water partition coefficient (Wildman–Crippen LogP) is 4.10. The van der Waals surface area contributed by atoms with E-state index in [-0.39, 0.29) is 6.04 Å². The largest absolute Gasteiger partial charge is 0.477 e. The van der Waals surface area contributed by atoms with E-state index in [2.05, 4.69) is 71.7 Å². The molecule has 1 heterocycles. The van der Waals surface area contributed by atoms with Gasteiger partial charge >= 0.3 is 5.97 Å². The Kier molecular flexibility index (Phi) is 8.31. The fourth-order valence-electron chi connectivity index (χ4n) is 4.81. The lowest BCUT2D eigenvalue weighted by Gasteiger charge is -2.31. The quantitative estimate of drug-likeness (QED) is 0.330. The van der Waals surface area contributed by atoms with Gasteiger partial charge in [0, 0.05) is 37.8 Å². The number of carbonyl (C=O) groups is 2. The zero-order valence-electron chi connectivity index (χ0n) is 20.6. The van der Waals surface area contributed by atoms with Gasteiger partial charge in [-0.15, -0.1) is 0 Å². The number of carboxylic acids is 1. The highest BCUT2D eigenvalue weighted by Gasteiger charge is 2.21. The molecule has 0 bridgehead atoms. The Morgan fingerprint density at radius 2 is 1.81 bits per heavy atom. The molecule has 0 radical (unpaired) electrons. The summed E-state index contributed by atoms with van der Waals surface area (Å²) >= 11 is 0. The molecule has 1 aliphatic rings. The first-order chi connectivity index (χ1) is 17.5. The highest BCUT2D eigenvalue weighted by Crippen LogP contribution is 2.27. The van der Waals surface area contributed by atoms with Crippen LogP contribution in [-0.4, -0.2) is 41.4 Å². The number of nitrogens with zero attached hydrogens (tertiary/aromatic N) is 1. The van der Waals surface area contributed by atoms with Crippen molar-refractivity contribution in [1.82, 2.24) is 10.2 Å². The highest BCUT2D eigenvalue weighted by atomic mass is 16.4.